The number of imidazole rings is 1. The lowest BCUT2D eigenvalue weighted by Gasteiger charge is -2.08. The zero-order valence-corrected chi connectivity index (χ0v) is 12.2. The third kappa shape index (κ3) is 3.80. The number of para-hydroxylation sites is 2. The average Bonchev–Trinajstić information content (AvgIpc) is 2.74. The Morgan fingerprint density at radius 1 is 1.11 bits per heavy atom. The molecule has 0 aliphatic heterocycles. The second-order valence-corrected chi connectivity index (χ2v) is 5.11. The maximum atomic E-state index is 4.59. The summed E-state index contributed by atoms with van der Waals surface area (Å²) in [6.45, 7) is 7.49. The number of fused-ring (bicyclic) bond motifs is 1. The fourth-order valence-electron chi connectivity index (χ4n) is 2.47. The van der Waals surface area contributed by atoms with Crippen LogP contribution in [0, 0.1) is 6.92 Å². The number of aryl methyl sites for hydroxylation is 1. The van der Waals surface area contributed by atoms with E-state index in [-0.39, 0.29) is 0 Å². The van der Waals surface area contributed by atoms with Gasteiger partial charge in [0, 0.05) is 13.1 Å². The number of aromatic nitrogens is 2. The van der Waals surface area contributed by atoms with Gasteiger partial charge in [-0.05, 0) is 32.0 Å². The van der Waals surface area contributed by atoms with E-state index in [9.17, 15) is 0 Å². The Bertz CT molecular complexity index is 502. The highest BCUT2D eigenvalue weighted by Crippen LogP contribution is 2.14. The number of unbranched alkanes of at least 4 members (excludes halogenated alkanes) is 3. The third-order valence-electron chi connectivity index (χ3n) is 3.56. The van der Waals surface area contributed by atoms with Crippen LogP contribution in [-0.2, 0) is 6.54 Å². The van der Waals surface area contributed by atoms with Crippen molar-refractivity contribution in [2.75, 3.05) is 13.1 Å². The van der Waals surface area contributed by atoms with E-state index in [2.05, 4.69) is 46.9 Å². The van der Waals surface area contributed by atoms with Gasteiger partial charge in [0.2, 0.25) is 0 Å². The van der Waals surface area contributed by atoms with Crippen molar-refractivity contribution in [3.63, 3.8) is 0 Å². The summed E-state index contributed by atoms with van der Waals surface area (Å²) in [5.74, 6) is 1.11. The van der Waals surface area contributed by atoms with Gasteiger partial charge in [-0.1, -0.05) is 38.3 Å². The van der Waals surface area contributed by atoms with E-state index in [4.69, 9.17) is 0 Å². The van der Waals surface area contributed by atoms with Gasteiger partial charge in [-0.2, -0.15) is 0 Å². The van der Waals surface area contributed by atoms with Gasteiger partial charge in [0.1, 0.15) is 5.82 Å². The Hall–Kier alpha value is -1.35. The molecule has 3 nitrogen and oxygen atoms in total. The van der Waals surface area contributed by atoms with E-state index in [1.165, 1.54) is 31.2 Å². The Kier molecular flexibility index (Phi) is 5.40. The van der Waals surface area contributed by atoms with Crippen LogP contribution in [0.2, 0.25) is 0 Å². The molecular formula is C16H25N3. The molecule has 0 atom stereocenters. The Labute approximate surface area is 116 Å². The molecule has 0 bridgehead atoms. The quantitative estimate of drug-likeness (QED) is 0.735. The summed E-state index contributed by atoms with van der Waals surface area (Å²) in [6.07, 6.45) is 5.29. The van der Waals surface area contributed by atoms with Crippen molar-refractivity contribution in [1.82, 2.24) is 14.9 Å². The van der Waals surface area contributed by atoms with Crippen LogP contribution in [0.25, 0.3) is 11.0 Å². The third-order valence-corrected chi connectivity index (χ3v) is 3.56. The number of nitrogens with zero attached hydrogens (tertiary/aromatic N) is 2. The monoisotopic (exact) mass is 259 g/mol. The SMILES string of the molecule is CCCCCCNCCn1c(C)nc2ccccc21. The summed E-state index contributed by atoms with van der Waals surface area (Å²) < 4.78 is 2.30. The first kappa shape index (κ1) is 14.1. The number of benzene rings is 1. The second kappa shape index (κ2) is 7.29. The first-order chi connectivity index (χ1) is 9.33. The van der Waals surface area contributed by atoms with Gasteiger partial charge in [-0.3, -0.25) is 0 Å². The fourth-order valence-corrected chi connectivity index (χ4v) is 2.47. The minimum absolute atomic E-state index is 1.00. The van der Waals surface area contributed by atoms with Crippen molar-refractivity contribution in [3.8, 4) is 0 Å². The maximum Gasteiger partial charge on any atom is 0.106 e. The summed E-state index contributed by atoms with van der Waals surface area (Å²) >= 11 is 0. The van der Waals surface area contributed by atoms with E-state index in [0.29, 0.717) is 0 Å². The minimum atomic E-state index is 1.00. The summed E-state index contributed by atoms with van der Waals surface area (Å²) in [7, 11) is 0. The van der Waals surface area contributed by atoms with E-state index in [1.807, 2.05) is 6.07 Å². The molecule has 0 fully saturated rings. The molecule has 3 heteroatoms. The van der Waals surface area contributed by atoms with Crippen molar-refractivity contribution in [3.05, 3.63) is 30.1 Å². The summed E-state index contributed by atoms with van der Waals surface area (Å²) in [5, 5.41) is 3.53. The fraction of sp³-hybridized carbons (Fsp3) is 0.562. The highest BCUT2D eigenvalue weighted by atomic mass is 15.1. The molecule has 19 heavy (non-hydrogen) atoms. The molecule has 1 N–H and O–H groups in total. The number of nitrogens with one attached hydrogen (secondary N) is 1. The lowest BCUT2D eigenvalue weighted by molar-refractivity contribution is 0.561. The Morgan fingerprint density at radius 2 is 1.95 bits per heavy atom. The summed E-state index contributed by atoms with van der Waals surface area (Å²) in [5.41, 5.74) is 2.34. The van der Waals surface area contributed by atoms with E-state index in [1.54, 1.807) is 0 Å². The van der Waals surface area contributed by atoms with Crippen LogP contribution in [0.4, 0.5) is 0 Å². The predicted molar refractivity (Wildman–Crippen MR) is 81.5 cm³/mol. The van der Waals surface area contributed by atoms with E-state index >= 15 is 0 Å². The normalized spacial score (nSPS) is 11.3. The molecule has 1 aromatic carbocycles. The van der Waals surface area contributed by atoms with Crippen molar-refractivity contribution in [2.24, 2.45) is 0 Å². The summed E-state index contributed by atoms with van der Waals surface area (Å²) in [6, 6.07) is 8.36. The van der Waals surface area contributed by atoms with Gasteiger partial charge in [0.05, 0.1) is 11.0 Å². The van der Waals surface area contributed by atoms with Crippen LogP contribution < -0.4 is 5.32 Å². The molecule has 1 heterocycles. The number of rotatable bonds is 8. The molecule has 104 valence electrons. The maximum absolute atomic E-state index is 4.59. The van der Waals surface area contributed by atoms with Crippen molar-refractivity contribution in [2.45, 2.75) is 46.1 Å². The largest absolute Gasteiger partial charge is 0.327 e. The Morgan fingerprint density at radius 3 is 2.79 bits per heavy atom. The topological polar surface area (TPSA) is 29.9 Å². The van der Waals surface area contributed by atoms with Crippen molar-refractivity contribution < 1.29 is 0 Å². The van der Waals surface area contributed by atoms with E-state index < -0.39 is 0 Å². The molecule has 2 rings (SSSR count). The molecule has 0 saturated carbocycles. The predicted octanol–water partition coefficient (Wildman–Crippen LogP) is 3.51. The molecule has 0 aliphatic rings. The number of hydrogen-bond acceptors (Lipinski definition) is 2. The Balaban J connectivity index is 1.80. The molecule has 2 aromatic rings. The van der Waals surface area contributed by atoms with Crippen molar-refractivity contribution >= 4 is 11.0 Å². The molecule has 0 radical (unpaired) electrons. The smallest absolute Gasteiger partial charge is 0.106 e. The van der Waals surface area contributed by atoms with Gasteiger partial charge >= 0.3 is 0 Å². The van der Waals surface area contributed by atoms with Crippen LogP contribution >= 0.6 is 0 Å². The van der Waals surface area contributed by atoms with Crippen LogP contribution in [0.3, 0.4) is 0 Å². The van der Waals surface area contributed by atoms with Gasteiger partial charge in [0.15, 0.2) is 0 Å². The van der Waals surface area contributed by atoms with Gasteiger partial charge in [-0.25, -0.2) is 4.98 Å². The highest BCUT2D eigenvalue weighted by molar-refractivity contribution is 5.75. The second-order valence-electron chi connectivity index (χ2n) is 5.11. The van der Waals surface area contributed by atoms with E-state index in [0.717, 1.165) is 31.0 Å². The van der Waals surface area contributed by atoms with Gasteiger partial charge in [0.25, 0.3) is 0 Å². The summed E-state index contributed by atoms with van der Waals surface area (Å²) in [4.78, 5) is 4.59. The molecule has 0 spiro atoms. The molecule has 0 amide bonds. The molecule has 0 aliphatic carbocycles. The lowest BCUT2D eigenvalue weighted by Crippen LogP contribution is -2.21. The van der Waals surface area contributed by atoms with Crippen LogP contribution in [0.15, 0.2) is 24.3 Å². The first-order valence-electron chi connectivity index (χ1n) is 7.45. The zero-order valence-electron chi connectivity index (χ0n) is 12.2. The van der Waals surface area contributed by atoms with Gasteiger partial charge in [-0.15, -0.1) is 0 Å². The first-order valence-corrected chi connectivity index (χ1v) is 7.45. The van der Waals surface area contributed by atoms with Crippen LogP contribution in [0.5, 0.6) is 0 Å². The molecule has 1 aromatic heterocycles. The average molecular weight is 259 g/mol. The number of hydrogen-bond donors (Lipinski definition) is 1. The molecule has 0 unspecified atom stereocenters. The standard InChI is InChI=1S/C16H25N3/c1-3-4-5-8-11-17-12-13-19-14(2)18-15-9-6-7-10-16(15)19/h6-7,9-10,17H,3-5,8,11-13H2,1-2H3. The van der Waals surface area contributed by atoms with Crippen LogP contribution in [-0.4, -0.2) is 22.6 Å². The van der Waals surface area contributed by atoms with Crippen molar-refractivity contribution in [1.29, 1.82) is 0 Å². The molecular weight excluding hydrogens is 234 g/mol. The van der Waals surface area contributed by atoms with Gasteiger partial charge < -0.3 is 9.88 Å². The zero-order chi connectivity index (χ0) is 13.5. The van der Waals surface area contributed by atoms with Crippen LogP contribution in [0.1, 0.15) is 38.4 Å². The lowest BCUT2D eigenvalue weighted by atomic mass is 10.2. The highest BCUT2D eigenvalue weighted by Gasteiger charge is 2.05. The molecule has 0 saturated heterocycles. The minimum Gasteiger partial charge on any atom is -0.327 e.